The Morgan fingerprint density at radius 2 is 1.82 bits per heavy atom. The van der Waals surface area contributed by atoms with Gasteiger partial charge in [0.05, 0.1) is 12.1 Å². The van der Waals surface area contributed by atoms with E-state index in [-0.39, 0.29) is 41.4 Å². The monoisotopic (exact) mass is 466 g/mol. The normalized spacial score (nSPS) is 24.4. The molecule has 0 saturated carbocycles. The van der Waals surface area contributed by atoms with Gasteiger partial charge in [0, 0.05) is 24.4 Å². The van der Waals surface area contributed by atoms with Gasteiger partial charge in [-0.05, 0) is 68.4 Å². The average molecular weight is 467 g/mol. The average Bonchev–Trinajstić information content (AvgIpc) is 3.11. The van der Waals surface area contributed by atoms with Gasteiger partial charge >= 0.3 is 0 Å². The van der Waals surface area contributed by atoms with Gasteiger partial charge in [0.2, 0.25) is 11.8 Å². The van der Waals surface area contributed by atoms with E-state index in [0.717, 1.165) is 18.4 Å². The zero-order chi connectivity index (χ0) is 24.5. The van der Waals surface area contributed by atoms with E-state index in [1.54, 1.807) is 24.3 Å². The number of piperidine rings is 1. The van der Waals surface area contributed by atoms with Gasteiger partial charge < -0.3 is 14.9 Å². The number of phenolic OH excluding ortho intramolecular Hbond substituents is 1. The molecule has 2 saturated heterocycles. The van der Waals surface area contributed by atoms with Crippen LogP contribution in [0.15, 0.2) is 48.5 Å². The van der Waals surface area contributed by atoms with Crippen LogP contribution in [0.5, 0.6) is 5.75 Å². The Morgan fingerprint density at radius 3 is 2.50 bits per heavy atom. The van der Waals surface area contributed by atoms with Crippen molar-refractivity contribution in [1.82, 2.24) is 9.80 Å². The summed E-state index contributed by atoms with van der Waals surface area (Å²) in [6, 6.07) is 13.6. The first kappa shape index (κ1) is 24.2. The minimum Gasteiger partial charge on any atom is -0.508 e. The number of amides is 2. The van der Waals surface area contributed by atoms with Gasteiger partial charge in [0.25, 0.3) is 0 Å². The number of carbonyl (C=O) groups is 2. The number of aryl methyl sites for hydroxylation is 1. The van der Waals surface area contributed by atoms with Crippen LogP contribution in [-0.4, -0.2) is 50.9 Å². The van der Waals surface area contributed by atoms with Gasteiger partial charge in [0.1, 0.15) is 11.6 Å². The maximum atomic E-state index is 14.6. The Balaban J connectivity index is 1.63. The number of likely N-dealkylation sites (tertiary alicyclic amines) is 2. The first-order valence-electron chi connectivity index (χ1n) is 12.3. The number of carbonyl (C=O) groups excluding carboxylic acids is 2. The van der Waals surface area contributed by atoms with Gasteiger partial charge in [-0.15, -0.1) is 0 Å². The quantitative estimate of drug-likeness (QED) is 0.671. The lowest BCUT2D eigenvalue weighted by atomic mass is 9.87. The highest BCUT2D eigenvalue weighted by molar-refractivity contribution is 5.81. The van der Waals surface area contributed by atoms with Crippen LogP contribution in [0.2, 0.25) is 0 Å². The van der Waals surface area contributed by atoms with Crippen molar-refractivity contribution in [2.75, 3.05) is 6.54 Å². The molecule has 0 unspecified atom stereocenters. The summed E-state index contributed by atoms with van der Waals surface area (Å²) in [6.45, 7) is 6.60. The van der Waals surface area contributed by atoms with Crippen LogP contribution in [0.3, 0.4) is 0 Å². The fraction of sp³-hybridized carbons (Fsp3) is 0.500. The van der Waals surface area contributed by atoms with Crippen molar-refractivity contribution in [3.05, 3.63) is 65.5 Å². The van der Waals surface area contributed by atoms with Crippen molar-refractivity contribution in [3.8, 4) is 5.75 Å². The molecular formula is C28H35FN2O3. The van der Waals surface area contributed by atoms with E-state index in [9.17, 15) is 19.1 Å². The molecule has 2 aromatic carbocycles. The predicted octanol–water partition coefficient (Wildman–Crippen LogP) is 4.71. The maximum absolute atomic E-state index is 14.6. The van der Waals surface area contributed by atoms with E-state index in [2.05, 4.69) is 0 Å². The summed E-state index contributed by atoms with van der Waals surface area (Å²) in [5, 5.41) is 9.54. The Morgan fingerprint density at radius 1 is 1.12 bits per heavy atom. The number of hydrogen-bond donors (Lipinski definition) is 1. The zero-order valence-corrected chi connectivity index (χ0v) is 20.3. The van der Waals surface area contributed by atoms with Crippen molar-refractivity contribution in [2.45, 2.75) is 76.9 Å². The highest BCUT2D eigenvalue weighted by atomic mass is 19.1. The second kappa shape index (κ2) is 9.77. The number of nitrogens with zero attached hydrogens (tertiary/aromatic N) is 2. The van der Waals surface area contributed by atoms with E-state index >= 15 is 0 Å². The topological polar surface area (TPSA) is 60.9 Å². The number of hydrogen-bond acceptors (Lipinski definition) is 3. The van der Waals surface area contributed by atoms with Gasteiger partial charge in [-0.3, -0.25) is 9.59 Å². The first-order valence-corrected chi connectivity index (χ1v) is 12.3. The van der Waals surface area contributed by atoms with Crippen molar-refractivity contribution in [3.63, 3.8) is 0 Å². The molecule has 1 N–H and O–H groups in total. The van der Waals surface area contributed by atoms with Crippen LogP contribution in [0.25, 0.3) is 0 Å². The maximum Gasteiger partial charge on any atom is 0.225 e. The summed E-state index contributed by atoms with van der Waals surface area (Å²) >= 11 is 0. The minimum absolute atomic E-state index is 0.0401. The molecular weight excluding hydrogens is 431 g/mol. The third-order valence-corrected chi connectivity index (χ3v) is 7.44. The summed E-state index contributed by atoms with van der Waals surface area (Å²) in [5.74, 6) is 0.00709. The summed E-state index contributed by atoms with van der Waals surface area (Å²) in [7, 11) is 0. The van der Waals surface area contributed by atoms with Crippen LogP contribution < -0.4 is 0 Å². The van der Waals surface area contributed by atoms with Gasteiger partial charge in [-0.1, -0.05) is 44.2 Å². The Hall–Kier alpha value is -2.89. The number of benzene rings is 2. The van der Waals surface area contributed by atoms with Crippen LogP contribution >= 0.6 is 0 Å². The number of halogens is 1. The summed E-state index contributed by atoms with van der Waals surface area (Å²) in [4.78, 5) is 30.7. The van der Waals surface area contributed by atoms with Crippen molar-refractivity contribution < 1.29 is 19.1 Å². The second-order valence-electron chi connectivity index (χ2n) is 10.4. The fourth-order valence-electron chi connectivity index (χ4n) is 5.87. The molecule has 0 radical (unpaired) electrons. The standard InChI is InChI=1S/C28H35FN2O3/c1-19(2)27(34)30-16-6-9-24-25(30)18-28(3,17-21-7-4-5-8-23(21)29)31(24)26(33)15-12-20-10-13-22(32)14-11-20/h4-5,7-8,10-11,13-14,19,24-25,32H,6,9,12,15-18H2,1-3H3/t24-,25-,28+/m0/s1. The number of aromatic hydroxyl groups is 1. The Labute approximate surface area is 201 Å². The predicted molar refractivity (Wildman–Crippen MR) is 130 cm³/mol. The fourth-order valence-corrected chi connectivity index (χ4v) is 5.87. The third kappa shape index (κ3) is 4.82. The van der Waals surface area contributed by atoms with E-state index in [1.807, 2.05) is 48.8 Å². The molecule has 2 aromatic rings. The molecule has 2 aliphatic heterocycles. The van der Waals surface area contributed by atoms with Crippen molar-refractivity contribution in [2.24, 2.45) is 5.92 Å². The van der Waals surface area contributed by atoms with Gasteiger partial charge in [-0.2, -0.15) is 0 Å². The Bertz CT molecular complexity index is 1040. The number of fused-ring (bicyclic) bond motifs is 1. The SMILES string of the molecule is CC(C)C(=O)N1CCC[C@H]2[C@@H]1C[C@@](C)(Cc1ccccc1F)N2C(=O)CCc1ccc(O)cc1. The van der Waals surface area contributed by atoms with Crippen molar-refractivity contribution in [1.29, 1.82) is 0 Å². The lowest BCUT2D eigenvalue weighted by Gasteiger charge is -2.42. The summed E-state index contributed by atoms with van der Waals surface area (Å²) < 4.78 is 14.6. The molecule has 2 aliphatic rings. The highest BCUT2D eigenvalue weighted by Gasteiger charge is 2.54. The molecule has 2 amide bonds. The first-order chi connectivity index (χ1) is 16.2. The molecule has 6 heteroatoms. The van der Waals surface area contributed by atoms with Crippen LogP contribution in [0.4, 0.5) is 4.39 Å². The van der Waals surface area contributed by atoms with Crippen LogP contribution in [-0.2, 0) is 22.4 Å². The van der Waals surface area contributed by atoms with Gasteiger partial charge in [-0.25, -0.2) is 4.39 Å². The van der Waals surface area contributed by atoms with E-state index in [4.69, 9.17) is 0 Å². The van der Waals surface area contributed by atoms with Crippen LogP contribution in [0, 0.1) is 11.7 Å². The molecule has 0 aliphatic carbocycles. The molecule has 0 aromatic heterocycles. The highest BCUT2D eigenvalue weighted by Crippen LogP contribution is 2.44. The number of phenols is 1. The summed E-state index contributed by atoms with van der Waals surface area (Å²) in [5.41, 5.74) is 1.00. The molecule has 0 bridgehead atoms. The Kier molecular flexibility index (Phi) is 6.96. The lowest BCUT2D eigenvalue weighted by Crippen LogP contribution is -2.55. The molecule has 0 spiro atoms. The summed E-state index contributed by atoms with van der Waals surface area (Å²) in [6.07, 6.45) is 3.68. The zero-order valence-electron chi connectivity index (χ0n) is 20.3. The minimum atomic E-state index is -0.580. The van der Waals surface area contributed by atoms with Crippen LogP contribution in [0.1, 0.15) is 57.6 Å². The lowest BCUT2D eigenvalue weighted by molar-refractivity contribution is -0.143. The second-order valence-corrected chi connectivity index (χ2v) is 10.4. The molecule has 2 fully saturated rings. The molecule has 34 heavy (non-hydrogen) atoms. The molecule has 5 nitrogen and oxygen atoms in total. The molecule has 3 atom stereocenters. The van der Waals surface area contributed by atoms with E-state index in [0.29, 0.717) is 37.8 Å². The third-order valence-electron chi connectivity index (χ3n) is 7.44. The van der Waals surface area contributed by atoms with Gasteiger partial charge in [0.15, 0.2) is 0 Å². The number of rotatable bonds is 6. The molecule has 2 heterocycles. The molecule has 4 rings (SSSR count). The molecule has 182 valence electrons. The van der Waals surface area contributed by atoms with Crippen molar-refractivity contribution >= 4 is 11.8 Å². The largest absolute Gasteiger partial charge is 0.508 e. The van der Waals surface area contributed by atoms with E-state index in [1.165, 1.54) is 6.07 Å². The smallest absolute Gasteiger partial charge is 0.225 e. The van der Waals surface area contributed by atoms with E-state index < -0.39 is 5.54 Å².